The second-order valence-corrected chi connectivity index (χ2v) is 3.88. The molecule has 0 saturated carbocycles. The van der Waals surface area contributed by atoms with Crippen molar-refractivity contribution in [1.82, 2.24) is 14.8 Å². The maximum absolute atomic E-state index is 11.8. The number of rotatable bonds is 2. The average Bonchev–Trinajstić information content (AvgIpc) is 2.77. The predicted molar refractivity (Wildman–Crippen MR) is 53.5 cm³/mol. The van der Waals surface area contributed by atoms with Crippen molar-refractivity contribution in [2.24, 2.45) is 7.05 Å². The summed E-state index contributed by atoms with van der Waals surface area (Å²) >= 11 is 1.41. The number of carbonyl (C=O) groups is 1. The minimum Gasteiger partial charge on any atom is -0.312 e. The van der Waals surface area contributed by atoms with Gasteiger partial charge in [-0.25, -0.2) is 0 Å². The van der Waals surface area contributed by atoms with Crippen molar-refractivity contribution in [3.8, 4) is 0 Å². The molecule has 2 aromatic heterocycles. The summed E-state index contributed by atoms with van der Waals surface area (Å²) in [6.07, 6.45) is 0. The molecule has 0 aliphatic carbocycles. The first kappa shape index (κ1) is 9.08. The van der Waals surface area contributed by atoms with E-state index in [1.807, 2.05) is 18.4 Å². The van der Waals surface area contributed by atoms with E-state index in [-0.39, 0.29) is 5.78 Å². The van der Waals surface area contributed by atoms with Gasteiger partial charge in [-0.15, -0.1) is 21.5 Å². The van der Waals surface area contributed by atoms with Gasteiger partial charge in [-0.3, -0.25) is 4.79 Å². The van der Waals surface area contributed by atoms with Gasteiger partial charge in [0.05, 0.1) is 4.88 Å². The topological polar surface area (TPSA) is 47.8 Å². The molecule has 0 radical (unpaired) electrons. The second kappa shape index (κ2) is 3.34. The Labute approximate surface area is 85.2 Å². The first-order valence-electron chi connectivity index (χ1n) is 4.14. The molecule has 2 heterocycles. The molecular weight excluding hydrogens is 198 g/mol. The first-order valence-corrected chi connectivity index (χ1v) is 5.02. The van der Waals surface area contributed by atoms with Crippen molar-refractivity contribution in [1.29, 1.82) is 0 Å². The number of thiophene rings is 1. The molecule has 0 N–H and O–H groups in total. The molecular formula is C9H9N3OS. The number of aromatic nitrogens is 3. The van der Waals surface area contributed by atoms with Crippen LogP contribution >= 0.6 is 11.3 Å². The molecule has 0 aromatic carbocycles. The Kier molecular flexibility index (Phi) is 2.17. The molecule has 0 aliphatic heterocycles. The molecule has 72 valence electrons. The largest absolute Gasteiger partial charge is 0.312 e. The normalized spacial score (nSPS) is 10.4. The Hall–Kier alpha value is -1.49. The molecule has 2 rings (SSSR count). The molecule has 0 saturated heterocycles. The third-order valence-corrected chi connectivity index (χ3v) is 2.91. The fourth-order valence-corrected chi connectivity index (χ4v) is 1.78. The summed E-state index contributed by atoms with van der Waals surface area (Å²) in [5, 5.41) is 9.56. The molecule has 0 aliphatic rings. The minimum atomic E-state index is -0.0666. The predicted octanol–water partition coefficient (Wildman–Crippen LogP) is 1.42. The highest BCUT2D eigenvalue weighted by Gasteiger charge is 2.16. The summed E-state index contributed by atoms with van der Waals surface area (Å²) in [7, 11) is 1.79. The van der Waals surface area contributed by atoms with Crippen LogP contribution in [0.5, 0.6) is 0 Å². The van der Waals surface area contributed by atoms with Gasteiger partial charge >= 0.3 is 0 Å². The van der Waals surface area contributed by atoms with Crippen LogP contribution < -0.4 is 0 Å². The van der Waals surface area contributed by atoms with E-state index < -0.39 is 0 Å². The highest BCUT2D eigenvalue weighted by atomic mass is 32.1. The number of aryl methyl sites for hydroxylation is 1. The van der Waals surface area contributed by atoms with Gasteiger partial charge < -0.3 is 4.57 Å². The summed E-state index contributed by atoms with van der Waals surface area (Å²) < 4.78 is 1.70. The number of carbonyl (C=O) groups excluding carboxylic acids is 1. The Balaban J connectivity index is 2.42. The molecule has 0 amide bonds. The zero-order valence-electron chi connectivity index (χ0n) is 7.89. The maximum atomic E-state index is 11.8. The van der Waals surface area contributed by atoms with Crippen LogP contribution in [0.2, 0.25) is 0 Å². The number of ketones is 1. The third kappa shape index (κ3) is 1.35. The summed E-state index contributed by atoms with van der Waals surface area (Å²) in [5.74, 6) is 1.07. The summed E-state index contributed by atoms with van der Waals surface area (Å²) in [6, 6.07) is 3.64. The van der Waals surface area contributed by atoms with Gasteiger partial charge in [0.25, 0.3) is 0 Å². The Morgan fingerprint density at radius 1 is 1.50 bits per heavy atom. The number of hydrogen-bond donors (Lipinski definition) is 0. The van der Waals surface area contributed by atoms with Crippen molar-refractivity contribution < 1.29 is 4.79 Å². The van der Waals surface area contributed by atoms with Crippen LogP contribution in [0.3, 0.4) is 0 Å². The van der Waals surface area contributed by atoms with E-state index in [1.165, 1.54) is 11.3 Å². The fraction of sp³-hybridized carbons (Fsp3) is 0.222. The Bertz CT molecular complexity index is 458. The van der Waals surface area contributed by atoms with Gasteiger partial charge in [-0.1, -0.05) is 6.07 Å². The highest BCUT2D eigenvalue weighted by molar-refractivity contribution is 7.12. The average molecular weight is 207 g/mol. The zero-order chi connectivity index (χ0) is 10.1. The molecule has 4 nitrogen and oxygen atoms in total. The van der Waals surface area contributed by atoms with E-state index in [9.17, 15) is 4.79 Å². The lowest BCUT2D eigenvalue weighted by atomic mass is 10.3. The van der Waals surface area contributed by atoms with Crippen molar-refractivity contribution in [3.63, 3.8) is 0 Å². The SMILES string of the molecule is Cc1nnc(C(=O)c2cccs2)n1C. The van der Waals surface area contributed by atoms with Gasteiger partial charge in [-0.2, -0.15) is 0 Å². The van der Waals surface area contributed by atoms with Crippen molar-refractivity contribution in [2.45, 2.75) is 6.92 Å². The molecule has 14 heavy (non-hydrogen) atoms. The van der Waals surface area contributed by atoms with Crippen LogP contribution in [-0.2, 0) is 7.05 Å². The lowest BCUT2D eigenvalue weighted by Gasteiger charge is -1.97. The monoisotopic (exact) mass is 207 g/mol. The van der Waals surface area contributed by atoms with Crippen molar-refractivity contribution >= 4 is 17.1 Å². The molecule has 0 unspecified atom stereocenters. The highest BCUT2D eigenvalue weighted by Crippen LogP contribution is 2.13. The number of nitrogens with zero attached hydrogens (tertiary/aromatic N) is 3. The van der Waals surface area contributed by atoms with Crippen molar-refractivity contribution in [3.05, 3.63) is 34.0 Å². The van der Waals surface area contributed by atoms with Crippen LogP contribution in [-0.4, -0.2) is 20.5 Å². The van der Waals surface area contributed by atoms with Crippen LogP contribution in [0.1, 0.15) is 21.3 Å². The van der Waals surface area contributed by atoms with Crippen LogP contribution in [0.15, 0.2) is 17.5 Å². The molecule has 0 atom stereocenters. The van der Waals surface area contributed by atoms with E-state index in [0.717, 1.165) is 5.82 Å². The van der Waals surface area contributed by atoms with E-state index in [1.54, 1.807) is 17.7 Å². The maximum Gasteiger partial charge on any atom is 0.240 e. The lowest BCUT2D eigenvalue weighted by Crippen LogP contribution is -2.08. The van der Waals surface area contributed by atoms with Gasteiger partial charge in [-0.05, 0) is 18.4 Å². The third-order valence-electron chi connectivity index (χ3n) is 2.04. The van der Waals surface area contributed by atoms with Gasteiger partial charge in [0.1, 0.15) is 5.82 Å². The van der Waals surface area contributed by atoms with E-state index in [2.05, 4.69) is 10.2 Å². The Morgan fingerprint density at radius 3 is 2.79 bits per heavy atom. The summed E-state index contributed by atoms with van der Waals surface area (Å²) in [4.78, 5) is 12.5. The second-order valence-electron chi connectivity index (χ2n) is 2.94. The van der Waals surface area contributed by atoms with Gasteiger partial charge in [0.2, 0.25) is 11.6 Å². The quantitative estimate of drug-likeness (QED) is 0.700. The lowest BCUT2D eigenvalue weighted by molar-refractivity contribution is 0.103. The molecule has 0 spiro atoms. The van der Waals surface area contributed by atoms with E-state index in [0.29, 0.717) is 10.7 Å². The van der Waals surface area contributed by atoms with Gasteiger partial charge in [0.15, 0.2) is 0 Å². The molecule has 0 bridgehead atoms. The molecule has 5 heteroatoms. The standard InChI is InChI=1S/C9H9N3OS/c1-6-10-11-9(12(6)2)8(13)7-4-3-5-14-7/h3-5H,1-2H3. The van der Waals surface area contributed by atoms with Gasteiger partial charge in [0, 0.05) is 7.05 Å². The summed E-state index contributed by atoms with van der Waals surface area (Å²) in [6.45, 7) is 1.82. The van der Waals surface area contributed by atoms with E-state index in [4.69, 9.17) is 0 Å². The first-order chi connectivity index (χ1) is 6.70. The summed E-state index contributed by atoms with van der Waals surface area (Å²) in [5.41, 5.74) is 0. The number of hydrogen-bond acceptors (Lipinski definition) is 4. The fourth-order valence-electron chi connectivity index (χ4n) is 1.12. The van der Waals surface area contributed by atoms with Crippen LogP contribution in [0.4, 0.5) is 0 Å². The van der Waals surface area contributed by atoms with Crippen LogP contribution in [0, 0.1) is 6.92 Å². The minimum absolute atomic E-state index is 0.0666. The zero-order valence-corrected chi connectivity index (χ0v) is 8.71. The van der Waals surface area contributed by atoms with Crippen LogP contribution in [0.25, 0.3) is 0 Å². The van der Waals surface area contributed by atoms with E-state index >= 15 is 0 Å². The Morgan fingerprint density at radius 2 is 2.29 bits per heavy atom. The smallest absolute Gasteiger partial charge is 0.240 e. The molecule has 2 aromatic rings. The van der Waals surface area contributed by atoms with Crippen molar-refractivity contribution in [2.75, 3.05) is 0 Å². The molecule has 0 fully saturated rings.